The second-order valence-corrected chi connectivity index (χ2v) is 7.40. The third-order valence-corrected chi connectivity index (χ3v) is 6.13. The molecule has 1 heterocycles. The van der Waals surface area contributed by atoms with E-state index in [1.807, 2.05) is 13.8 Å². The number of sulfonamides is 1. The van der Waals surface area contributed by atoms with Gasteiger partial charge in [-0.3, -0.25) is 0 Å². The highest BCUT2D eigenvalue weighted by Crippen LogP contribution is 2.30. The summed E-state index contributed by atoms with van der Waals surface area (Å²) < 4.78 is 27.2. The van der Waals surface area contributed by atoms with Gasteiger partial charge < -0.3 is 0 Å². The highest BCUT2D eigenvalue weighted by atomic mass is 32.2. The maximum absolute atomic E-state index is 12.8. The summed E-state index contributed by atoms with van der Waals surface area (Å²) in [6, 6.07) is 6.84. The van der Waals surface area contributed by atoms with E-state index in [4.69, 9.17) is 5.26 Å². The zero-order valence-electron chi connectivity index (χ0n) is 12.1. The highest BCUT2D eigenvalue weighted by molar-refractivity contribution is 7.89. The van der Waals surface area contributed by atoms with Crippen molar-refractivity contribution >= 4 is 10.0 Å². The monoisotopic (exact) mass is 292 g/mol. The molecule has 4 nitrogen and oxygen atoms in total. The first-order valence-electron chi connectivity index (χ1n) is 6.92. The normalized spacial score (nSPS) is 24.3. The topological polar surface area (TPSA) is 61.2 Å². The number of nitriles is 1. The Morgan fingerprint density at radius 2 is 1.85 bits per heavy atom. The Balaban J connectivity index is 2.44. The standard InChI is InChI=1S/C15H20N2O2S/c1-11-9-15(8-7-14(11)10-16)20(18,19)17-12(2)5-4-6-13(17)3/h7-9,12-13H,4-6H2,1-3H3. The highest BCUT2D eigenvalue weighted by Gasteiger charge is 2.35. The Labute approximate surface area is 121 Å². The van der Waals surface area contributed by atoms with Gasteiger partial charge in [-0.2, -0.15) is 9.57 Å². The third-order valence-electron chi connectivity index (χ3n) is 4.01. The average Bonchev–Trinajstić information content (AvgIpc) is 2.38. The minimum Gasteiger partial charge on any atom is -0.207 e. The fourth-order valence-electron chi connectivity index (χ4n) is 2.92. The van der Waals surface area contributed by atoms with Crippen molar-refractivity contribution in [1.29, 1.82) is 5.26 Å². The number of nitrogens with zero attached hydrogens (tertiary/aromatic N) is 2. The van der Waals surface area contributed by atoms with Gasteiger partial charge in [-0.1, -0.05) is 6.42 Å². The molecule has 0 radical (unpaired) electrons. The van der Waals surface area contributed by atoms with E-state index >= 15 is 0 Å². The van der Waals surface area contributed by atoms with E-state index in [0.29, 0.717) is 11.1 Å². The van der Waals surface area contributed by atoms with Crippen LogP contribution >= 0.6 is 0 Å². The minimum atomic E-state index is -3.48. The predicted molar refractivity (Wildman–Crippen MR) is 77.7 cm³/mol. The van der Waals surface area contributed by atoms with Gasteiger partial charge in [-0.25, -0.2) is 8.42 Å². The molecule has 0 aliphatic carbocycles. The van der Waals surface area contributed by atoms with Gasteiger partial charge >= 0.3 is 0 Å². The first kappa shape index (κ1) is 15.0. The fourth-order valence-corrected chi connectivity index (χ4v) is 4.88. The third kappa shape index (κ3) is 2.58. The van der Waals surface area contributed by atoms with Crippen LogP contribution in [0, 0.1) is 18.3 Å². The molecule has 1 aromatic carbocycles. The molecule has 1 saturated heterocycles. The molecule has 2 unspecified atom stereocenters. The summed E-state index contributed by atoms with van der Waals surface area (Å²) >= 11 is 0. The molecule has 0 saturated carbocycles. The van der Waals surface area contributed by atoms with Gasteiger partial charge in [0.25, 0.3) is 0 Å². The van der Waals surface area contributed by atoms with Crippen molar-refractivity contribution in [2.45, 2.75) is 57.0 Å². The van der Waals surface area contributed by atoms with E-state index in [9.17, 15) is 8.42 Å². The van der Waals surface area contributed by atoms with Crippen LogP contribution in [0.25, 0.3) is 0 Å². The molecule has 20 heavy (non-hydrogen) atoms. The van der Waals surface area contributed by atoms with Crippen molar-refractivity contribution in [3.63, 3.8) is 0 Å². The lowest BCUT2D eigenvalue weighted by Crippen LogP contribution is -2.47. The number of benzene rings is 1. The molecule has 0 bridgehead atoms. The summed E-state index contributed by atoms with van der Waals surface area (Å²) in [5.74, 6) is 0. The van der Waals surface area contributed by atoms with Crippen LogP contribution in [-0.2, 0) is 10.0 Å². The van der Waals surface area contributed by atoms with E-state index in [1.165, 1.54) is 6.07 Å². The number of hydrogen-bond donors (Lipinski definition) is 0. The molecule has 1 aliphatic heterocycles. The Kier molecular flexibility index (Phi) is 4.17. The second-order valence-electron chi connectivity index (χ2n) is 5.55. The van der Waals surface area contributed by atoms with Gasteiger partial charge in [0.2, 0.25) is 10.0 Å². The largest absolute Gasteiger partial charge is 0.243 e. The number of rotatable bonds is 2. The van der Waals surface area contributed by atoms with Crippen LogP contribution in [0.4, 0.5) is 0 Å². The maximum atomic E-state index is 12.8. The van der Waals surface area contributed by atoms with Gasteiger partial charge in [0, 0.05) is 12.1 Å². The van der Waals surface area contributed by atoms with Crippen molar-refractivity contribution in [2.24, 2.45) is 0 Å². The number of piperidine rings is 1. The lowest BCUT2D eigenvalue weighted by Gasteiger charge is -2.37. The first-order valence-corrected chi connectivity index (χ1v) is 8.36. The molecular formula is C15H20N2O2S. The van der Waals surface area contributed by atoms with Gasteiger partial charge in [0.1, 0.15) is 0 Å². The van der Waals surface area contributed by atoms with Crippen LogP contribution in [0.1, 0.15) is 44.2 Å². The maximum Gasteiger partial charge on any atom is 0.243 e. The summed E-state index contributed by atoms with van der Waals surface area (Å²) in [5, 5.41) is 8.94. The molecule has 1 fully saturated rings. The summed E-state index contributed by atoms with van der Waals surface area (Å²) in [6.07, 6.45) is 2.87. The zero-order chi connectivity index (χ0) is 14.9. The lowest BCUT2D eigenvalue weighted by molar-refractivity contribution is 0.204. The molecular weight excluding hydrogens is 272 g/mol. The molecule has 108 valence electrons. The van der Waals surface area contributed by atoms with Gasteiger partial charge in [-0.15, -0.1) is 0 Å². The van der Waals surface area contributed by atoms with E-state index in [0.717, 1.165) is 19.3 Å². The van der Waals surface area contributed by atoms with Crippen molar-refractivity contribution in [1.82, 2.24) is 4.31 Å². The van der Waals surface area contributed by atoms with Gasteiger partial charge in [0.15, 0.2) is 0 Å². The molecule has 0 aromatic heterocycles. The summed E-state index contributed by atoms with van der Waals surface area (Å²) in [5.41, 5.74) is 1.22. The van der Waals surface area contributed by atoms with Crippen LogP contribution in [0.15, 0.2) is 23.1 Å². The van der Waals surface area contributed by atoms with Crippen LogP contribution in [0.3, 0.4) is 0 Å². The molecule has 2 rings (SSSR count). The molecule has 1 aliphatic rings. The molecule has 5 heteroatoms. The van der Waals surface area contributed by atoms with E-state index in [2.05, 4.69) is 6.07 Å². The molecule has 2 atom stereocenters. The van der Waals surface area contributed by atoms with E-state index in [-0.39, 0.29) is 17.0 Å². The molecule has 0 amide bonds. The number of aryl methyl sites for hydroxylation is 1. The van der Waals surface area contributed by atoms with Crippen LogP contribution in [0.5, 0.6) is 0 Å². The van der Waals surface area contributed by atoms with E-state index in [1.54, 1.807) is 23.4 Å². The molecule has 0 N–H and O–H groups in total. The minimum absolute atomic E-state index is 0.0275. The fraction of sp³-hybridized carbons (Fsp3) is 0.533. The SMILES string of the molecule is Cc1cc(S(=O)(=O)N2C(C)CCCC2C)ccc1C#N. The smallest absolute Gasteiger partial charge is 0.207 e. The van der Waals surface area contributed by atoms with Crippen molar-refractivity contribution in [3.8, 4) is 6.07 Å². The van der Waals surface area contributed by atoms with Crippen molar-refractivity contribution < 1.29 is 8.42 Å². The van der Waals surface area contributed by atoms with Gasteiger partial charge in [-0.05, 0) is 57.4 Å². The average molecular weight is 292 g/mol. The Morgan fingerprint density at radius 3 is 2.35 bits per heavy atom. The lowest BCUT2D eigenvalue weighted by atomic mass is 10.0. The molecule has 0 spiro atoms. The predicted octanol–water partition coefficient (Wildman–Crippen LogP) is 2.82. The second kappa shape index (κ2) is 5.55. The summed E-state index contributed by atoms with van der Waals surface area (Å²) in [6.45, 7) is 5.69. The van der Waals surface area contributed by atoms with Crippen molar-refractivity contribution in [3.05, 3.63) is 29.3 Å². The molecule has 1 aromatic rings. The quantitative estimate of drug-likeness (QED) is 0.842. The van der Waals surface area contributed by atoms with Crippen LogP contribution < -0.4 is 0 Å². The van der Waals surface area contributed by atoms with Crippen molar-refractivity contribution in [2.75, 3.05) is 0 Å². The van der Waals surface area contributed by atoms with Crippen LogP contribution in [-0.4, -0.2) is 24.8 Å². The summed E-state index contributed by atoms with van der Waals surface area (Å²) in [7, 11) is -3.48. The van der Waals surface area contributed by atoms with Crippen LogP contribution in [0.2, 0.25) is 0 Å². The Morgan fingerprint density at radius 1 is 1.25 bits per heavy atom. The zero-order valence-corrected chi connectivity index (χ0v) is 12.9. The number of hydrogen-bond acceptors (Lipinski definition) is 3. The first-order chi connectivity index (χ1) is 9.37. The Hall–Kier alpha value is -1.38. The van der Waals surface area contributed by atoms with E-state index < -0.39 is 10.0 Å². The van der Waals surface area contributed by atoms with Gasteiger partial charge in [0.05, 0.1) is 16.5 Å². The summed E-state index contributed by atoms with van der Waals surface area (Å²) in [4.78, 5) is 0.287. The Bertz CT molecular complexity index is 636.